The Labute approximate surface area is 150 Å². The molecule has 2 rings (SSSR count). The molecule has 26 heavy (non-hydrogen) atoms. The van der Waals surface area contributed by atoms with Crippen LogP contribution in [0.4, 0.5) is 5.69 Å². The van der Waals surface area contributed by atoms with E-state index in [1.165, 1.54) is 24.3 Å². The number of amides is 1. The minimum absolute atomic E-state index is 0.0340. The number of benzene rings is 2. The van der Waals surface area contributed by atoms with E-state index in [-0.39, 0.29) is 18.2 Å². The van der Waals surface area contributed by atoms with Gasteiger partial charge < -0.3 is 19.5 Å². The first-order chi connectivity index (χ1) is 12.6. The first-order valence-electron chi connectivity index (χ1n) is 8.08. The molecular weight excluding hydrogens is 340 g/mol. The Kier molecular flexibility index (Phi) is 7.23. The van der Waals surface area contributed by atoms with Gasteiger partial charge in [-0.3, -0.25) is 14.9 Å². The summed E-state index contributed by atoms with van der Waals surface area (Å²) in [5, 5.41) is 13.2. The third kappa shape index (κ3) is 6.31. The zero-order valence-corrected chi connectivity index (χ0v) is 14.3. The van der Waals surface area contributed by atoms with E-state index in [9.17, 15) is 14.9 Å². The van der Waals surface area contributed by atoms with Gasteiger partial charge in [0.25, 0.3) is 11.6 Å². The number of non-ortho nitro benzene ring substituents is 1. The summed E-state index contributed by atoms with van der Waals surface area (Å²) in [4.78, 5) is 21.8. The Balaban J connectivity index is 1.63. The van der Waals surface area contributed by atoms with Crippen LogP contribution in [0, 0.1) is 10.1 Å². The molecule has 1 amide bonds. The standard InChI is InChI=1S/C18H20N2O6/c1-2-24-15-7-9-16(10-8-15)25-12-11-19-18(21)13-26-17-5-3-14(4-6-17)20(22)23/h3-10H,2,11-13H2,1H3,(H,19,21). The molecule has 0 bridgehead atoms. The van der Waals surface area contributed by atoms with Crippen molar-refractivity contribution in [2.24, 2.45) is 0 Å². The minimum Gasteiger partial charge on any atom is -0.494 e. The van der Waals surface area contributed by atoms with Crippen molar-refractivity contribution < 1.29 is 23.9 Å². The summed E-state index contributed by atoms with van der Waals surface area (Å²) >= 11 is 0. The second-order valence-electron chi connectivity index (χ2n) is 5.14. The number of carbonyl (C=O) groups excluding carboxylic acids is 1. The molecule has 0 aliphatic carbocycles. The molecule has 0 heterocycles. The summed E-state index contributed by atoms with van der Waals surface area (Å²) in [5.74, 6) is 1.54. The average molecular weight is 360 g/mol. The molecule has 0 unspecified atom stereocenters. The van der Waals surface area contributed by atoms with Gasteiger partial charge in [-0.15, -0.1) is 0 Å². The van der Waals surface area contributed by atoms with Gasteiger partial charge in [0.15, 0.2) is 6.61 Å². The molecule has 8 nitrogen and oxygen atoms in total. The van der Waals surface area contributed by atoms with Gasteiger partial charge in [-0.05, 0) is 43.3 Å². The van der Waals surface area contributed by atoms with Gasteiger partial charge in [-0.2, -0.15) is 0 Å². The highest BCUT2D eigenvalue weighted by atomic mass is 16.6. The molecular formula is C18H20N2O6. The van der Waals surface area contributed by atoms with Crippen molar-refractivity contribution in [3.05, 3.63) is 58.6 Å². The maximum Gasteiger partial charge on any atom is 0.269 e. The second-order valence-corrected chi connectivity index (χ2v) is 5.14. The van der Waals surface area contributed by atoms with Crippen LogP contribution in [0.1, 0.15) is 6.92 Å². The van der Waals surface area contributed by atoms with E-state index in [0.29, 0.717) is 31.3 Å². The highest BCUT2D eigenvalue weighted by Crippen LogP contribution is 2.18. The second kappa shape index (κ2) is 9.87. The summed E-state index contributed by atoms with van der Waals surface area (Å²) in [5.41, 5.74) is -0.0340. The van der Waals surface area contributed by atoms with Crippen LogP contribution in [0.3, 0.4) is 0 Å². The Hall–Kier alpha value is -3.29. The number of hydrogen-bond donors (Lipinski definition) is 1. The zero-order chi connectivity index (χ0) is 18.8. The van der Waals surface area contributed by atoms with Crippen molar-refractivity contribution in [3.63, 3.8) is 0 Å². The van der Waals surface area contributed by atoms with Crippen molar-refractivity contribution in [3.8, 4) is 17.2 Å². The van der Waals surface area contributed by atoms with Gasteiger partial charge in [0, 0.05) is 12.1 Å². The number of nitro benzene ring substituents is 1. The van der Waals surface area contributed by atoms with E-state index in [4.69, 9.17) is 14.2 Å². The number of nitrogens with one attached hydrogen (secondary N) is 1. The molecule has 1 N–H and O–H groups in total. The smallest absolute Gasteiger partial charge is 0.269 e. The highest BCUT2D eigenvalue weighted by Gasteiger charge is 2.06. The molecule has 0 fully saturated rings. The van der Waals surface area contributed by atoms with Gasteiger partial charge in [0.1, 0.15) is 23.9 Å². The number of carbonyl (C=O) groups is 1. The van der Waals surface area contributed by atoms with E-state index >= 15 is 0 Å². The molecule has 8 heteroatoms. The summed E-state index contributed by atoms with van der Waals surface area (Å²) in [6.45, 7) is 2.99. The molecule has 0 saturated heterocycles. The van der Waals surface area contributed by atoms with Crippen LogP contribution in [0.15, 0.2) is 48.5 Å². The number of nitrogens with zero attached hydrogens (tertiary/aromatic N) is 1. The highest BCUT2D eigenvalue weighted by molar-refractivity contribution is 5.77. The predicted molar refractivity (Wildman–Crippen MR) is 94.7 cm³/mol. The molecule has 0 aromatic heterocycles. The normalized spacial score (nSPS) is 10.0. The van der Waals surface area contributed by atoms with E-state index in [0.717, 1.165) is 5.75 Å². The maximum atomic E-state index is 11.7. The van der Waals surface area contributed by atoms with Crippen molar-refractivity contribution >= 4 is 11.6 Å². The zero-order valence-electron chi connectivity index (χ0n) is 14.3. The molecule has 2 aromatic rings. The SMILES string of the molecule is CCOc1ccc(OCCNC(=O)COc2ccc([N+](=O)[O-])cc2)cc1. The third-order valence-corrected chi connectivity index (χ3v) is 3.25. The Morgan fingerprint density at radius 2 is 1.50 bits per heavy atom. The van der Waals surface area contributed by atoms with Gasteiger partial charge in [-0.25, -0.2) is 0 Å². The third-order valence-electron chi connectivity index (χ3n) is 3.25. The molecule has 0 atom stereocenters. The molecule has 2 aromatic carbocycles. The monoisotopic (exact) mass is 360 g/mol. The predicted octanol–water partition coefficient (Wildman–Crippen LogP) is 2.57. The molecule has 0 saturated carbocycles. The van der Waals surface area contributed by atoms with Crippen LogP contribution >= 0.6 is 0 Å². The van der Waals surface area contributed by atoms with E-state index in [1.54, 1.807) is 12.1 Å². The molecule has 0 aliphatic heterocycles. The van der Waals surface area contributed by atoms with Gasteiger partial charge in [0.2, 0.25) is 0 Å². The Morgan fingerprint density at radius 1 is 0.962 bits per heavy atom. The summed E-state index contributed by atoms with van der Waals surface area (Å²) in [6, 6.07) is 12.7. The molecule has 0 aliphatic rings. The first-order valence-corrected chi connectivity index (χ1v) is 8.08. The van der Waals surface area contributed by atoms with Gasteiger partial charge >= 0.3 is 0 Å². The lowest BCUT2D eigenvalue weighted by Gasteiger charge is -2.09. The number of hydrogen-bond acceptors (Lipinski definition) is 6. The van der Waals surface area contributed by atoms with E-state index < -0.39 is 4.92 Å². The lowest BCUT2D eigenvalue weighted by molar-refractivity contribution is -0.384. The topological polar surface area (TPSA) is 99.9 Å². The number of rotatable bonds is 10. The maximum absolute atomic E-state index is 11.7. The number of nitro groups is 1. The molecule has 0 spiro atoms. The van der Waals surface area contributed by atoms with Crippen molar-refractivity contribution in [1.82, 2.24) is 5.32 Å². The summed E-state index contributed by atoms with van der Waals surface area (Å²) in [7, 11) is 0. The lowest BCUT2D eigenvalue weighted by atomic mass is 10.3. The fourth-order valence-electron chi connectivity index (χ4n) is 2.02. The van der Waals surface area contributed by atoms with E-state index in [2.05, 4.69) is 5.32 Å². The van der Waals surface area contributed by atoms with Crippen LogP contribution in [-0.4, -0.2) is 37.2 Å². The summed E-state index contributed by atoms with van der Waals surface area (Å²) in [6.07, 6.45) is 0. The van der Waals surface area contributed by atoms with Crippen LogP contribution in [0.5, 0.6) is 17.2 Å². The fraction of sp³-hybridized carbons (Fsp3) is 0.278. The van der Waals surface area contributed by atoms with Crippen LogP contribution in [-0.2, 0) is 4.79 Å². The Morgan fingerprint density at radius 3 is 2.08 bits per heavy atom. The summed E-state index contributed by atoms with van der Waals surface area (Å²) < 4.78 is 16.1. The fourth-order valence-corrected chi connectivity index (χ4v) is 2.02. The van der Waals surface area contributed by atoms with E-state index in [1.807, 2.05) is 19.1 Å². The quantitative estimate of drug-likeness (QED) is 0.397. The minimum atomic E-state index is -0.499. The Bertz CT molecular complexity index is 715. The lowest BCUT2D eigenvalue weighted by Crippen LogP contribution is -2.32. The van der Waals surface area contributed by atoms with Crippen LogP contribution in [0.2, 0.25) is 0 Å². The van der Waals surface area contributed by atoms with Crippen molar-refractivity contribution in [2.45, 2.75) is 6.92 Å². The molecule has 0 radical (unpaired) electrons. The molecule has 138 valence electrons. The van der Waals surface area contributed by atoms with Crippen molar-refractivity contribution in [2.75, 3.05) is 26.4 Å². The largest absolute Gasteiger partial charge is 0.494 e. The first kappa shape index (κ1) is 19.0. The van der Waals surface area contributed by atoms with Gasteiger partial charge in [-0.1, -0.05) is 0 Å². The van der Waals surface area contributed by atoms with Crippen LogP contribution < -0.4 is 19.5 Å². The number of ether oxygens (including phenoxy) is 3. The average Bonchev–Trinajstić information content (AvgIpc) is 2.65. The van der Waals surface area contributed by atoms with Gasteiger partial charge in [0.05, 0.1) is 18.1 Å². The van der Waals surface area contributed by atoms with Crippen molar-refractivity contribution in [1.29, 1.82) is 0 Å². The van der Waals surface area contributed by atoms with Crippen LogP contribution in [0.25, 0.3) is 0 Å².